The predicted octanol–water partition coefficient (Wildman–Crippen LogP) is 4.22. The van der Waals surface area contributed by atoms with Gasteiger partial charge in [0.1, 0.15) is 29.8 Å². The summed E-state index contributed by atoms with van der Waals surface area (Å²) in [7, 11) is 0. The van der Waals surface area contributed by atoms with Crippen LogP contribution in [0.1, 0.15) is 28.9 Å². The van der Waals surface area contributed by atoms with Crippen LogP contribution in [-0.2, 0) is 0 Å². The number of alkyl halides is 3. The van der Waals surface area contributed by atoms with Crippen molar-refractivity contribution in [2.24, 2.45) is 0 Å². The molecule has 162 valence electrons. The first kappa shape index (κ1) is 21.9. The Kier molecular flexibility index (Phi) is 6.63. The molecule has 3 N–H and O–H groups in total. The number of carbonyl (C=O) groups excluding carboxylic acids is 1. The van der Waals surface area contributed by atoms with Gasteiger partial charge in [-0.2, -0.15) is 13.2 Å². The van der Waals surface area contributed by atoms with Crippen molar-refractivity contribution in [1.29, 1.82) is 0 Å². The molecule has 0 saturated heterocycles. The van der Waals surface area contributed by atoms with E-state index in [0.717, 1.165) is 5.56 Å². The van der Waals surface area contributed by atoms with Gasteiger partial charge in [0.2, 0.25) is 0 Å². The van der Waals surface area contributed by atoms with Crippen molar-refractivity contribution in [1.82, 2.24) is 20.3 Å². The van der Waals surface area contributed by atoms with E-state index >= 15 is 0 Å². The Balaban J connectivity index is 1.86. The lowest BCUT2D eigenvalue weighted by atomic mass is 10.1. The molecule has 0 saturated carbocycles. The van der Waals surface area contributed by atoms with Gasteiger partial charge in [-0.1, -0.05) is 12.1 Å². The molecule has 1 aromatic carbocycles. The second-order valence-electron chi connectivity index (χ2n) is 6.56. The fourth-order valence-corrected chi connectivity index (χ4v) is 2.63. The van der Waals surface area contributed by atoms with E-state index in [1.165, 1.54) is 42.9 Å². The van der Waals surface area contributed by atoms with Crippen LogP contribution in [0.5, 0.6) is 0 Å². The van der Waals surface area contributed by atoms with Crippen molar-refractivity contribution in [2.45, 2.75) is 19.1 Å². The second kappa shape index (κ2) is 9.37. The Hall–Kier alpha value is -3.76. The molecule has 0 bridgehead atoms. The van der Waals surface area contributed by atoms with Gasteiger partial charge in [0.25, 0.3) is 5.91 Å². The molecule has 3 aromatic rings. The molecule has 0 aliphatic rings. The summed E-state index contributed by atoms with van der Waals surface area (Å²) < 4.78 is 50.6. The summed E-state index contributed by atoms with van der Waals surface area (Å²) in [5.74, 6) is -0.565. The highest BCUT2D eigenvalue weighted by molar-refractivity contribution is 5.95. The van der Waals surface area contributed by atoms with Crippen LogP contribution in [0.25, 0.3) is 0 Å². The zero-order valence-corrected chi connectivity index (χ0v) is 16.2. The number of amides is 1. The molecule has 0 spiro atoms. The highest BCUT2D eigenvalue weighted by atomic mass is 19.4. The van der Waals surface area contributed by atoms with Gasteiger partial charge >= 0.3 is 6.18 Å². The number of benzene rings is 1. The summed E-state index contributed by atoms with van der Waals surface area (Å²) >= 11 is 0. The first-order chi connectivity index (χ1) is 14.7. The molecule has 2 heterocycles. The third-order valence-electron chi connectivity index (χ3n) is 4.09. The van der Waals surface area contributed by atoms with E-state index in [4.69, 9.17) is 0 Å². The van der Waals surface area contributed by atoms with Gasteiger partial charge in [0, 0.05) is 24.0 Å². The van der Waals surface area contributed by atoms with Crippen LogP contribution in [0.4, 0.5) is 35.0 Å². The largest absolute Gasteiger partial charge is 0.405 e. The topological polar surface area (TPSA) is 91.8 Å². The van der Waals surface area contributed by atoms with Gasteiger partial charge in [-0.3, -0.25) is 9.78 Å². The second-order valence-corrected chi connectivity index (χ2v) is 6.56. The SMILES string of the molecule is C[C@H](Nc1cc(C(=O)NCC(F)(F)F)cc(Nc2cnccn2)n1)c1ccc(F)cc1. The third kappa shape index (κ3) is 6.63. The van der Waals surface area contributed by atoms with Crippen molar-refractivity contribution >= 4 is 23.4 Å². The minimum Gasteiger partial charge on any atom is -0.363 e. The van der Waals surface area contributed by atoms with Crippen LogP contribution >= 0.6 is 0 Å². The van der Waals surface area contributed by atoms with E-state index in [1.807, 2.05) is 5.32 Å². The molecule has 0 radical (unpaired) electrons. The van der Waals surface area contributed by atoms with E-state index in [-0.39, 0.29) is 29.1 Å². The Bertz CT molecular complexity index is 1030. The summed E-state index contributed by atoms with van der Waals surface area (Å²) in [5.41, 5.74) is 0.706. The Morgan fingerprint density at radius 3 is 2.42 bits per heavy atom. The van der Waals surface area contributed by atoms with Gasteiger partial charge in [-0.25, -0.2) is 14.4 Å². The quantitative estimate of drug-likeness (QED) is 0.483. The summed E-state index contributed by atoms with van der Waals surface area (Å²) in [5, 5.41) is 7.75. The maximum atomic E-state index is 13.2. The Morgan fingerprint density at radius 1 is 1.06 bits per heavy atom. The van der Waals surface area contributed by atoms with Gasteiger partial charge in [0.05, 0.1) is 6.20 Å². The zero-order valence-electron chi connectivity index (χ0n) is 16.2. The fraction of sp³-hybridized carbons (Fsp3) is 0.200. The van der Waals surface area contributed by atoms with Crippen molar-refractivity contribution in [3.8, 4) is 0 Å². The molecular weight excluding hydrogens is 416 g/mol. The molecule has 0 unspecified atom stereocenters. The van der Waals surface area contributed by atoms with E-state index in [1.54, 1.807) is 19.1 Å². The van der Waals surface area contributed by atoms with Crippen LogP contribution in [0.3, 0.4) is 0 Å². The maximum absolute atomic E-state index is 13.2. The Labute approximate surface area is 175 Å². The third-order valence-corrected chi connectivity index (χ3v) is 4.09. The van der Waals surface area contributed by atoms with Crippen LogP contribution in [0.2, 0.25) is 0 Å². The highest BCUT2D eigenvalue weighted by Gasteiger charge is 2.28. The van der Waals surface area contributed by atoms with Gasteiger partial charge in [-0.05, 0) is 36.8 Å². The monoisotopic (exact) mass is 434 g/mol. The lowest BCUT2D eigenvalue weighted by Crippen LogP contribution is -2.33. The van der Waals surface area contributed by atoms with Crippen LogP contribution in [0.15, 0.2) is 55.0 Å². The van der Waals surface area contributed by atoms with Crippen LogP contribution in [-0.4, -0.2) is 33.6 Å². The highest BCUT2D eigenvalue weighted by Crippen LogP contribution is 2.23. The number of hydrogen-bond donors (Lipinski definition) is 3. The summed E-state index contributed by atoms with van der Waals surface area (Å²) in [6.07, 6.45) is -0.205. The molecular formula is C20H18F4N6O. The maximum Gasteiger partial charge on any atom is 0.405 e. The van der Waals surface area contributed by atoms with Gasteiger partial charge < -0.3 is 16.0 Å². The molecule has 0 aliphatic heterocycles. The number of pyridine rings is 1. The average Bonchev–Trinajstić information content (AvgIpc) is 2.72. The molecule has 0 fully saturated rings. The van der Waals surface area contributed by atoms with E-state index in [0.29, 0.717) is 5.82 Å². The number of nitrogens with one attached hydrogen (secondary N) is 3. The lowest BCUT2D eigenvalue weighted by molar-refractivity contribution is -0.123. The summed E-state index contributed by atoms with van der Waals surface area (Å²) in [6.45, 7) is 0.330. The van der Waals surface area contributed by atoms with E-state index in [9.17, 15) is 22.4 Å². The number of carbonyl (C=O) groups is 1. The number of aromatic nitrogens is 3. The summed E-state index contributed by atoms with van der Waals surface area (Å²) in [4.78, 5) is 24.6. The average molecular weight is 434 g/mol. The standard InChI is InChI=1S/C20H18F4N6O/c1-12(13-2-4-15(21)5-3-13)28-16-8-14(19(31)27-11-20(22,23)24)9-17(29-16)30-18-10-25-6-7-26-18/h2-10,12H,11H2,1H3,(H,27,31)(H2,26,28,29,30)/t12-/m0/s1. The number of hydrogen-bond acceptors (Lipinski definition) is 6. The fourth-order valence-electron chi connectivity index (χ4n) is 2.63. The molecule has 31 heavy (non-hydrogen) atoms. The molecule has 11 heteroatoms. The number of rotatable bonds is 7. The molecule has 2 aromatic heterocycles. The molecule has 1 atom stereocenters. The minimum atomic E-state index is -4.54. The van der Waals surface area contributed by atoms with Crippen LogP contribution in [0, 0.1) is 5.82 Å². The molecule has 0 aliphatic carbocycles. The van der Waals surface area contributed by atoms with Crippen molar-refractivity contribution in [2.75, 3.05) is 17.2 Å². The van der Waals surface area contributed by atoms with Gasteiger partial charge in [0.15, 0.2) is 0 Å². The smallest absolute Gasteiger partial charge is 0.363 e. The predicted molar refractivity (Wildman–Crippen MR) is 106 cm³/mol. The van der Waals surface area contributed by atoms with Crippen molar-refractivity contribution in [3.63, 3.8) is 0 Å². The zero-order chi connectivity index (χ0) is 22.4. The normalized spacial score (nSPS) is 12.2. The molecule has 3 rings (SSSR count). The van der Waals surface area contributed by atoms with E-state index < -0.39 is 18.6 Å². The first-order valence-electron chi connectivity index (χ1n) is 9.12. The number of halogens is 4. The van der Waals surface area contributed by atoms with E-state index in [2.05, 4.69) is 25.6 Å². The number of nitrogens with zero attached hydrogens (tertiary/aromatic N) is 3. The van der Waals surface area contributed by atoms with Crippen LogP contribution < -0.4 is 16.0 Å². The lowest BCUT2D eigenvalue weighted by Gasteiger charge is -2.17. The number of anilines is 3. The van der Waals surface area contributed by atoms with Crippen molar-refractivity contribution < 1.29 is 22.4 Å². The van der Waals surface area contributed by atoms with Gasteiger partial charge in [-0.15, -0.1) is 0 Å². The minimum absolute atomic E-state index is 0.0422. The summed E-state index contributed by atoms with van der Waals surface area (Å²) in [6, 6.07) is 8.09. The molecule has 1 amide bonds. The van der Waals surface area contributed by atoms with Crippen molar-refractivity contribution in [3.05, 3.63) is 71.9 Å². The first-order valence-corrected chi connectivity index (χ1v) is 9.12. The molecule has 7 nitrogen and oxygen atoms in total. The Morgan fingerprint density at radius 2 is 1.77 bits per heavy atom.